The lowest BCUT2D eigenvalue weighted by molar-refractivity contribution is 0.128. The molecule has 0 radical (unpaired) electrons. The highest BCUT2D eigenvalue weighted by molar-refractivity contribution is 6.33. The van der Waals surface area contributed by atoms with Crippen LogP contribution in [0.4, 0.5) is 15.8 Å². The van der Waals surface area contributed by atoms with Crippen molar-refractivity contribution < 1.29 is 9.50 Å². The van der Waals surface area contributed by atoms with Crippen LogP contribution >= 0.6 is 11.6 Å². The van der Waals surface area contributed by atoms with E-state index in [0.29, 0.717) is 27.4 Å². The zero-order valence-corrected chi connectivity index (χ0v) is 24.1. The molecule has 206 valence electrons. The minimum Gasteiger partial charge on any atom is -0.505 e. The summed E-state index contributed by atoms with van der Waals surface area (Å²) in [6.45, 7) is 14.3. The molecule has 0 atom stereocenters. The van der Waals surface area contributed by atoms with E-state index >= 15 is 0 Å². The molecule has 1 saturated heterocycles. The molecular formula is C31H37ClFN5O. The van der Waals surface area contributed by atoms with Gasteiger partial charge in [-0.05, 0) is 50.6 Å². The van der Waals surface area contributed by atoms with Gasteiger partial charge in [-0.1, -0.05) is 36.4 Å². The molecule has 39 heavy (non-hydrogen) atoms. The van der Waals surface area contributed by atoms with Crippen LogP contribution in [0, 0.1) is 5.95 Å². The molecule has 3 aromatic rings. The van der Waals surface area contributed by atoms with Gasteiger partial charge in [0, 0.05) is 87.3 Å². The summed E-state index contributed by atoms with van der Waals surface area (Å²) in [5.41, 5.74) is 3.62. The molecule has 2 heterocycles. The molecular weight excluding hydrogens is 513 g/mol. The molecule has 1 fully saturated rings. The molecule has 0 unspecified atom stereocenters. The van der Waals surface area contributed by atoms with Crippen LogP contribution in [0.3, 0.4) is 0 Å². The number of rotatable bonds is 7. The second kappa shape index (κ2) is 11.7. The Morgan fingerprint density at radius 2 is 1.72 bits per heavy atom. The first-order valence-electron chi connectivity index (χ1n) is 13.0. The monoisotopic (exact) mass is 549 g/mol. The summed E-state index contributed by atoms with van der Waals surface area (Å²) in [6.07, 6.45) is 5.37. The van der Waals surface area contributed by atoms with Gasteiger partial charge in [-0.25, -0.2) is 4.98 Å². The second-order valence-electron chi connectivity index (χ2n) is 10.9. The molecule has 1 aliphatic rings. The first-order chi connectivity index (χ1) is 18.5. The first-order valence-corrected chi connectivity index (χ1v) is 13.4. The molecule has 0 bridgehead atoms. The molecule has 8 heteroatoms. The minimum absolute atomic E-state index is 0.0944. The lowest BCUT2D eigenvalue weighted by atomic mass is 10.0. The molecule has 4 rings (SSSR count). The predicted octanol–water partition coefficient (Wildman–Crippen LogP) is 6.82. The summed E-state index contributed by atoms with van der Waals surface area (Å²) in [5.74, 6) is -0.771. The number of pyridine rings is 1. The van der Waals surface area contributed by atoms with Crippen molar-refractivity contribution in [1.29, 1.82) is 0 Å². The van der Waals surface area contributed by atoms with Gasteiger partial charge in [-0.3, -0.25) is 4.90 Å². The van der Waals surface area contributed by atoms with Crippen LogP contribution in [-0.4, -0.2) is 65.7 Å². The zero-order valence-electron chi connectivity index (χ0n) is 23.3. The van der Waals surface area contributed by atoms with Gasteiger partial charge in [-0.2, -0.15) is 4.39 Å². The maximum Gasteiger partial charge on any atom is 0.214 e. The molecule has 2 aromatic carbocycles. The van der Waals surface area contributed by atoms with Crippen LogP contribution in [0.5, 0.6) is 5.75 Å². The molecule has 1 N–H and O–H groups in total. The maximum absolute atomic E-state index is 14.8. The molecule has 6 nitrogen and oxygen atoms in total. The van der Waals surface area contributed by atoms with E-state index in [1.165, 1.54) is 6.07 Å². The van der Waals surface area contributed by atoms with Crippen molar-refractivity contribution >= 4 is 23.0 Å². The smallest absolute Gasteiger partial charge is 0.214 e. The average Bonchev–Trinajstić information content (AvgIpc) is 2.90. The van der Waals surface area contributed by atoms with Crippen molar-refractivity contribution in [3.63, 3.8) is 0 Å². The highest BCUT2D eigenvalue weighted by atomic mass is 35.5. The summed E-state index contributed by atoms with van der Waals surface area (Å²) in [7, 11) is 3.84. The number of hydrogen-bond donors (Lipinski definition) is 1. The van der Waals surface area contributed by atoms with Crippen LogP contribution in [-0.2, 0) is 0 Å². The lowest BCUT2D eigenvalue weighted by Crippen LogP contribution is -2.53. The topological polar surface area (TPSA) is 46.1 Å². The number of anilines is 2. The first kappa shape index (κ1) is 28.5. The van der Waals surface area contributed by atoms with Crippen molar-refractivity contribution in [2.75, 3.05) is 50.1 Å². The fourth-order valence-corrected chi connectivity index (χ4v) is 5.02. The zero-order chi connectivity index (χ0) is 28.3. The van der Waals surface area contributed by atoms with E-state index in [9.17, 15) is 9.50 Å². The predicted molar refractivity (Wildman–Crippen MR) is 161 cm³/mol. The van der Waals surface area contributed by atoms with E-state index in [1.54, 1.807) is 23.2 Å². The summed E-state index contributed by atoms with van der Waals surface area (Å²) in [5, 5.41) is 11.7. The van der Waals surface area contributed by atoms with Gasteiger partial charge >= 0.3 is 0 Å². The lowest BCUT2D eigenvalue weighted by Gasteiger charge is -2.43. The van der Waals surface area contributed by atoms with E-state index in [-0.39, 0.29) is 17.0 Å². The third-order valence-corrected chi connectivity index (χ3v) is 7.24. The molecule has 0 aliphatic carbocycles. The molecule has 0 spiro atoms. The average molecular weight is 550 g/mol. The molecule has 1 aliphatic heterocycles. The van der Waals surface area contributed by atoms with Crippen LogP contribution in [0.2, 0.25) is 5.02 Å². The number of hydrogen-bond acceptors (Lipinski definition) is 6. The summed E-state index contributed by atoms with van der Waals surface area (Å²) >= 11 is 6.63. The number of nitrogens with zero attached hydrogens (tertiary/aromatic N) is 5. The van der Waals surface area contributed by atoms with Gasteiger partial charge in [0.15, 0.2) is 0 Å². The Balaban J connectivity index is 1.64. The Labute approximate surface area is 236 Å². The van der Waals surface area contributed by atoms with Gasteiger partial charge in [0.25, 0.3) is 0 Å². The van der Waals surface area contributed by atoms with Crippen LogP contribution < -0.4 is 9.80 Å². The van der Waals surface area contributed by atoms with Crippen molar-refractivity contribution in [3.05, 3.63) is 84.7 Å². The Morgan fingerprint density at radius 3 is 2.33 bits per heavy atom. The number of piperazine rings is 1. The van der Waals surface area contributed by atoms with E-state index in [1.807, 2.05) is 61.7 Å². The second-order valence-corrected chi connectivity index (χ2v) is 11.3. The van der Waals surface area contributed by atoms with Gasteiger partial charge in [0.05, 0.1) is 10.7 Å². The number of aromatic hydroxyl groups is 1. The molecule has 1 aromatic heterocycles. The third kappa shape index (κ3) is 6.54. The van der Waals surface area contributed by atoms with Crippen LogP contribution in [0.25, 0.3) is 22.4 Å². The highest BCUT2D eigenvalue weighted by Gasteiger charge is 2.26. The van der Waals surface area contributed by atoms with E-state index < -0.39 is 5.95 Å². The third-order valence-electron chi connectivity index (χ3n) is 6.93. The van der Waals surface area contributed by atoms with Gasteiger partial charge in [-0.15, -0.1) is 0 Å². The van der Waals surface area contributed by atoms with Crippen molar-refractivity contribution in [3.8, 4) is 28.1 Å². The SMILES string of the molecule is C=CN(/C=C\N(C)C)c1ccc(-c2cc(F)nc(-c3cccc(N4CCN(C(C)(C)C)CC4)c3)c2O)cc1Cl. The number of halogens is 2. The summed E-state index contributed by atoms with van der Waals surface area (Å²) < 4.78 is 14.8. The quantitative estimate of drug-likeness (QED) is 0.326. The highest BCUT2D eigenvalue weighted by Crippen LogP contribution is 2.40. The Hall–Kier alpha value is -3.55. The summed E-state index contributed by atoms with van der Waals surface area (Å²) in [4.78, 5) is 12.6. The molecule has 0 amide bonds. The van der Waals surface area contributed by atoms with Crippen LogP contribution in [0.1, 0.15) is 20.8 Å². The Bertz CT molecular complexity index is 1360. The standard InChI is InChI=1S/C31H37ClFN5O/c1-7-36(14-13-35(5)6)27-12-11-22(20-26(27)32)25-21-28(33)34-29(30(25)39)23-9-8-10-24(19-23)37-15-17-38(18-16-37)31(2,3)4/h7-14,19-21,39H,1,15-18H2,2-6H3/b14-13-. The van der Waals surface area contributed by atoms with Crippen LogP contribution in [0.15, 0.2) is 73.7 Å². The minimum atomic E-state index is -0.677. The Kier molecular flexibility index (Phi) is 8.52. The van der Waals surface area contributed by atoms with Crippen molar-refractivity contribution in [2.45, 2.75) is 26.3 Å². The van der Waals surface area contributed by atoms with Gasteiger partial charge in [0.2, 0.25) is 5.95 Å². The normalized spacial score (nSPS) is 14.6. The fourth-order valence-electron chi connectivity index (χ4n) is 4.74. The molecule has 0 saturated carbocycles. The largest absolute Gasteiger partial charge is 0.505 e. The summed E-state index contributed by atoms with van der Waals surface area (Å²) in [6, 6.07) is 14.3. The fraction of sp³-hybridized carbons (Fsp3) is 0.323. The van der Waals surface area contributed by atoms with Gasteiger partial charge in [0.1, 0.15) is 11.4 Å². The Morgan fingerprint density at radius 1 is 1.00 bits per heavy atom. The van der Waals surface area contributed by atoms with E-state index in [4.69, 9.17) is 11.6 Å². The number of benzene rings is 2. The van der Waals surface area contributed by atoms with E-state index in [2.05, 4.69) is 42.1 Å². The van der Waals surface area contributed by atoms with E-state index in [0.717, 1.165) is 31.9 Å². The van der Waals surface area contributed by atoms with Crippen molar-refractivity contribution in [1.82, 2.24) is 14.8 Å². The van der Waals surface area contributed by atoms with Gasteiger partial charge < -0.3 is 19.8 Å². The maximum atomic E-state index is 14.8. The van der Waals surface area contributed by atoms with Crippen molar-refractivity contribution in [2.24, 2.45) is 0 Å². The number of aromatic nitrogens is 1.